The fraction of sp³-hybridized carbons (Fsp3) is 0.429. The highest BCUT2D eigenvalue weighted by atomic mass is 16.5. The Morgan fingerprint density at radius 1 is 1.44 bits per heavy atom. The van der Waals surface area contributed by atoms with Crippen LogP contribution in [-0.2, 0) is 9.53 Å². The standard InChI is InChI=1S/C14H16N2O2/c1-2-18-14(17)12-7-8-13-15-11-6-4-3-5-10(11)9-16(12)13/h3-6,9,12-13H,2,7-8H2,1H3. The minimum atomic E-state index is -0.174. The maximum Gasteiger partial charge on any atom is 0.328 e. The van der Waals surface area contributed by atoms with Crippen LogP contribution in [0.2, 0.25) is 0 Å². The average Bonchev–Trinajstić information content (AvgIpc) is 2.79. The number of hydrogen-bond donors (Lipinski definition) is 0. The van der Waals surface area contributed by atoms with Gasteiger partial charge >= 0.3 is 5.97 Å². The van der Waals surface area contributed by atoms with Gasteiger partial charge in [-0.05, 0) is 25.8 Å². The Kier molecular flexibility index (Phi) is 2.78. The molecule has 0 saturated carbocycles. The third-order valence-electron chi connectivity index (χ3n) is 3.47. The lowest BCUT2D eigenvalue weighted by Crippen LogP contribution is -2.44. The molecule has 0 amide bonds. The van der Waals surface area contributed by atoms with Crippen LogP contribution in [0.15, 0.2) is 29.3 Å². The molecule has 3 rings (SSSR count). The Morgan fingerprint density at radius 3 is 3.11 bits per heavy atom. The second-order valence-corrected chi connectivity index (χ2v) is 4.59. The summed E-state index contributed by atoms with van der Waals surface area (Å²) in [6, 6.07) is 7.84. The Labute approximate surface area is 106 Å². The molecule has 2 atom stereocenters. The van der Waals surface area contributed by atoms with Crippen LogP contribution in [0.25, 0.3) is 6.20 Å². The first-order valence-corrected chi connectivity index (χ1v) is 6.38. The van der Waals surface area contributed by atoms with Gasteiger partial charge in [0.15, 0.2) is 0 Å². The normalized spacial score (nSPS) is 24.6. The lowest BCUT2D eigenvalue weighted by molar-refractivity contribution is -0.147. The molecule has 1 aromatic carbocycles. The highest BCUT2D eigenvalue weighted by Crippen LogP contribution is 2.26. The number of nitrogens with zero attached hydrogens (tertiary/aromatic N) is 2. The van der Waals surface area contributed by atoms with Crippen molar-refractivity contribution < 1.29 is 9.53 Å². The van der Waals surface area contributed by atoms with Crippen molar-refractivity contribution in [2.45, 2.75) is 32.0 Å². The third kappa shape index (κ3) is 1.78. The molecule has 0 N–H and O–H groups in total. The molecule has 0 aromatic heterocycles. The molecule has 1 fully saturated rings. The molecule has 0 radical (unpaired) electrons. The topological polar surface area (TPSA) is 41.9 Å². The van der Waals surface area contributed by atoms with E-state index in [1.54, 1.807) is 0 Å². The summed E-state index contributed by atoms with van der Waals surface area (Å²) in [5, 5.41) is 2.09. The zero-order valence-electron chi connectivity index (χ0n) is 10.4. The van der Waals surface area contributed by atoms with Crippen LogP contribution < -0.4 is 10.6 Å². The molecule has 1 saturated heterocycles. The van der Waals surface area contributed by atoms with Gasteiger partial charge in [-0.2, -0.15) is 0 Å². The smallest absolute Gasteiger partial charge is 0.328 e. The lowest BCUT2D eigenvalue weighted by atomic mass is 10.2. The van der Waals surface area contributed by atoms with Gasteiger partial charge in [0.25, 0.3) is 0 Å². The van der Waals surface area contributed by atoms with Crippen molar-refractivity contribution in [2.75, 3.05) is 6.61 Å². The van der Waals surface area contributed by atoms with Crippen LogP contribution in [-0.4, -0.2) is 29.7 Å². The van der Waals surface area contributed by atoms with Gasteiger partial charge in [0.05, 0.1) is 12.0 Å². The lowest BCUT2D eigenvalue weighted by Gasteiger charge is -2.27. The van der Waals surface area contributed by atoms with Crippen molar-refractivity contribution in [3.05, 3.63) is 34.8 Å². The fourth-order valence-electron chi connectivity index (χ4n) is 2.63. The second-order valence-electron chi connectivity index (χ2n) is 4.59. The number of rotatable bonds is 2. The summed E-state index contributed by atoms with van der Waals surface area (Å²) >= 11 is 0. The highest BCUT2D eigenvalue weighted by Gasteiger charge is 2.37. The Morgan fingerprint density at radius 2 is 2.28 bits per heavy atom. The molecule has 2 aliphatic rings. The number of ether oxygens (including phenoxy) is 1. The molecule has 0 aliphatic carbocycles. The predicted octanol–water partition coefficient (Wildman–Crippen LogP) is 0.411. The number of esters is 1. The highest BCUT2D eigenvalue weighted by molar-refractivity contribution is 5.77. The van der Waals surface area contributed by atoms with E-state index in [4.69, 9.17) is 4.74 Å². The molecule has 2 heterocycles. The van der Waals surface area contributed by atoms with E-state index in [1.165, 1.54) is 0 Å². The summed E-state index contributed by atoms with van der Waals surface area (Å²) in [5.74, 6) is -0.133. The first-order chi connectivity index (χ1) is 8.79. The SMILES string of the molecule is CCOC(=O)C1CCC2N=c3ccccc3=CN21. The predicted molar refractivity (Wildman–Crippen MR) is 67.0 cm³/mol. The summed E-state index contributed by atoms with van der Waals surface area (Å²) < 4.78 is 5.12. The maximum absolute atomic E-state index is 11.9. The number of benzene rings is 1. The number of carbonyl (C=O) groups excluding carboxylic acids is 1. The van der Waals surface area contributed by atoms with Crippen LogP contribution >= 0.6 is 0 Å². The molecular formula is C14H16N2O2. The van der Waals surface area contributed by atoms with Crippen molar-refractivity contribution in [3.8, 4) is 0 Å². The molecule has 2 aliphatic heterocycles. The molecular weight excluding hydrogens is 228 g/mol. The van der Waals surface area contributed by atoms with E-state index in [2.05, 4.69) is 4.99 Å². The summed E-state index contributed by atoms with van der Waals surface area (Å²) in [5.41, 5.74) is 0. The first-order valence-electron chi connectivity index (χ1n) is 6.38. The monoisotopic (exact) mass is 244 g/mol. The van der Waals surface area contributed by atoms with Gasteiger partial charge in [-0.3, -0.25) is 4.99 Å². The quantitative estimate of drug-likeness (QED) is 0.708. The van der Waals surface area contributed by atoms with Crippen molar-refractivity contribution >= 4 is 12.2 Å². The fourth-order valence-corrected chi connectivity index (χ4v) is 2.63. The van der Waals surface area contributed by atoms with Gasteiger partial charge in [0.1, 0.15) is 12.2 Å². The van der Waals surface area contributed by atoms with Crippen LogP contribution in [0.3, 0.4) is 0 Å². The number of carbonyl (C=O) groups is 1. The first kappa shape index (κ1) is 11.3. The van der Waals surface area contributed by atoms with E-state index in [0.29, 0.717) is 6.61 Å². The molecule has 4 nitrogen and oxygen atoms in total. The van der Waals surface area contributed by atoms with Gasteiger partial charge in [-0.25, -0.2) is 4.79 Å². The number of hydrogen-bond acceptors (Lipinski definition) is 4. The molecule has 4 heteroatoms. The average molecular weight is 244 g/mol. The van der Waals surface area contributed by atoms with Crippen LogP contribution in [0.1, 0.15) is 19.8 Å². The summed E-state index contributed by atoms with van der Waals surface area (Å²) in [6.07, 6.45) is 3.86. The molecule has 2 unspecified atom stereocenters. The van der Waals surface area contributed by atoms with E-state index in [-0.39, 0.29) is 18.2 Å². The van der Waals surface area contributed by atoms with Crippen molar-refractivity contribution in [1.29, 1.82) is 0 Å². The minimum absolute atomic E-state index is 0.0920. The molecule has 1 aromatic rings. The van der Waals surface area contributed by atoms with Crippen molar-refractivity contribution in [1.82, 2.24) is 4.90 Å². The zero-order chi connectivity index (χ0) is 12.5. The Balaban J connectivity index is 1.95. The maximum atomic E-state index is 11.9. The molecule has 94 valence electrons. The summed E-state index contributed by atoms with van der Waals surface area (Å²) in [4.78, 5) is 18.6. The van der Waals surface area contributed by atoms with Crippen LogP contribution in [0.4, 0.5) is 0 Å². The van der Waals surface area contributed by atoms with Gasteiger partial charge in [0.2, 0.25) is 0 Å². The van der Waals surface area contributed by atoms with Crippen LogP contribution in [0.5, 0.6) is 0 Å². The summed E-state index contributed by atoms with van der Waals surface area (Å²) in [6.45, 7) is 2.27. The van der Waals surface area contributed by atoms with Crippen molar-refractivity contribution in [2.24, 2.45) is 4.99 Å². The van der Waals surface area contributed by atoms with Gasteiger partial charge in [-0.1, -0.05) is 18.2 Å². The number of para-hydroxylation sites is 1. The van der Waals surface area contributed by atoms with Crippen molar-refractivity contribution in [3.63, 3.8) is 0 Å². The van der Waals surface area contributed by atoms with E-state index in [1.807, 2.05) is 42.3 Å². The third-order valence-corrected chi connectivity index (χ3v) is 3.47. The largest absolute Gasteiger partial charge is 0.464 e. The van der Waals surface area contributed by atoms with E-state index < -0.39 is 0 Å². The Hall–Kier alpha value is -1.84. The second kappa shape index (κ2) is 4.44. The molecule has 0 bridgehead atoms. The van der Waals surface area contributed by atoms with E-state index in [0.717, 1.165) is 23.4 Å². The van der Waals surface area contributed by atoms with Gasteiger partial charge in [-0.15, -0.1) is 0 Å². The molecule has 18 heavy (non-hydrogen) atoms. The van der Waals surface area contributed by atoms with Crippen LogP contribution in [0, 0.1) is 0 Å². The zero-order valence-corrected chi connectivity index (χ0v) is 10.4. The van der Waals surface area contributed by atoms with Gasteiger partial charge < -0.3 is 9.64 Å². The Bertz CT molecular complexity index is 582. The van der Waals surface area contributed by atoms with E-state index in [9.17, 15) is 4.79 Å². The minimum Gasteiger partial charge on any atom is -0.464 e. The van der Waals surface area contributed by atoms with E-state index >= 15 is 0 Å². The molecule has 0 spiro atoms. The van der Waals surface area contributed by atoms with Gasteiger partial charge in [0, 0.05) is 11.4 Å². The number of fused-ring (bicyclic) bond motifs is 2. The summed E-state index contributed by atoms with van der Waals surface area (Å²) in [7, 11) is 0.